The Kier molecular flexibility index (Phi) is 8.58. The second-order valence-corrected chi connectivity index (χ2v) is 15.7. The van der Waals surface area contributed by atoms with Gasteiger partial charge < -0.3 is 5.32 Å². The molecule has 4 aromatic rings. The van der Waals surface area contributed by atoms with E-state index in [1.165, 1.54) is 34.0 Å². The Labute approximate surface area is 262 Å². The number of aromatic nitrogens is 3. The van der Waals surface area contributed by atoms with Crippen LogP contribution in [0.4, 0.5) is 24.8 Å². The molecule has 2 fully saturated rings. The highest BCUT2D eigenvalue weighted by atomic mass is 32.2. The monoisotopic (exact) mass is 678 g/mol. The molecule has 10 nitrogen and oxygen atoms in total. The van der Waals surface area contributed by atoms with Gasteiger partial charge in [-0.3, -0.25) is 4.72 Å². The number of rotatable bonds is 9. The molecule has 0 radical (unpaired) electrons. The number of hydrogen-bond donors (Lipinski definition) is 2. The second-order valence-electron chi connectivity index (χ2n) is 11.1. The van der Waals surface area contributed by atoms with E-state index in [9.17, 15) is 30.0 Å². The molecule has 1 saturated carbocycles. The molecule has 0 bridgehead atoms. The molecule has 1 aliphatic carbocycles. The van der Waals surface area contributed by atoms with E-state index in [4.69, 9.17) is 9.97 Å². The zero-order valence-electron chi connectivity index (χ0n) is 24.0. The Morgan fingerprint density at radius 3 is 2.33 bits per heavy atom. The third kappa shape index (κ3) is 6.83. The molecule has 0 amide bonds. The van der Waals surface area contributed by atoms with Gasteiger partial charge in [-0.05, 0) is 68.1 Å². The topological polar surface area (TPSA) is 134 Å². The first-order valence-electron chi connectivity index (χ1n) is 14.2. The lowest BCUT2D eigenvalue weighted by atomic mass is 9.86. The molecule has 16 heteroatoms. The fourth-order valence-corrected chi connectivity index (χ4v) is 8.49. The van der Waals surface area contributed by atoms with E-state index in [1.807, 2.05) is 4.72 Å². The van der Waals surface area contributed by atoms with Crippen molar-refractivity contribution in [1.29, 1.82) is 0 Å². The van der Waals surface area contributed by atoms with Crippen molar-refractivity contribution in [1.82, 2.24) is 19.3 Å². The van der Waals surface area contributed by atoms with Crippen molar-refractivity contribution in [3.05, 3.63) is 71.1 Å². The molecule has 45 heavy (non-hydrogen) atoms. The molecule has 1 aliphatic heterocycles. The van der Waals surface area contributed by atoms with Gasteiger partial charge in [0.15, 0.2) is 0 Å². The first-order chi connectivity index (χ1) is 21.4. The summed E-state index contributed by atoms with van der Waals surface area (Å²) >= 11 is 1.45. The van der Waals surface area contributed by atoms with Gasteiger partial charge in [0.05, 0.1) is 33.2 Å². The number of piperidine rings is 1. The van der Waals surface area contributed by atoms with Gasteiger partial charge in [0.25, 0.3) is 10.0 Å². The molecular weight excluding hydrogens is 650 g/mol. The van der Waals surface area contributed by atoms with E-state index in [1.54, 1.807) is 12.3 Å². The van der Waals surface area contributed by atoms with Gasteiger partial charge in [0.2, 0.25) is 16.0 Å². The highest BCUT2D eigenvalue weighted by Crippen LogP contribution is 2.45. The largest absolute Gasteiger partial charge is 0.351 e. The summed E-state index contributed by atoms with van der Waals surface area (Å²) in [4.78, 5) is 13.7. The number of sulfonamides is 2. The van der Waals surface area contributed by atoms with E-state index in [0.717, 1.165) is 36.4 Å². The van der Waals surface area contributed by atoms with Gasteiger partial charge in [-0.25, -0.2) is 49.3 Å². The van der Waals surface area contributed by atoms with Crippen LogP contribution in [0.25, 0.3) is 21.8 Å². The van der Waals surface area contributed by atoms with Gasteiger partial charge >= 0.3 is 0 Å². The van der Waals surface area contributed by atoms with Gasteiger partial charge in [-0.15, -0.1) is 11.3 Å². The van der Waals surface area contributed by atoms with Gasteiger partial charge in [0.1, 0.15) is 22.3 Å². The smallest absolute Gasteiger partial charge is 0.265 e. The average Bonchev–Trinajstić information content (AvgIpc) is 3.39. The van der Waals surface area contributed by atoms with Crippen LogP contribution < -0.4 is 10.0 Å². The standard InChI is InChI=1S/C29H29F3N6O4S3/c1-44(39,40)38-13-10-20(11-14-38)34-29-33-12-9-23(35-29)27-26(36-28(43-27)17-3-2-4-17)18-5-7-21(31)24(15-18)37-45(41,42)25-16-19(30)6-8-22(25)32/h5-9,12,15-17,20,37H,2-4,10-11,13-14H2,1H3,(H,33,34,35). The van der Waals surface area contributed by atoms with Crippen molar-refractivity contribution in [3.8, 4) is 21.8 Å². The lowest BCUT2D eigenvalue weighted by molar-refractivity contribution is 0.331. The Morgan fingerprint density at radius 2 is 1.64 bits per heavy atom. The van der Waals surface area contributed by atoms with Crippen molar-refractivity contribution in [2.45, 2.75) is 49.0 Å². The van der Waals surface area contributed by atoms with Crippen molar-refractivity contribution in [2.24, 2.45) is 0 Å². The number of benzene rings is 2. The van der Waals surface area contributed by atoms with Crippen molar-refractivity contribution in [2.75, 3.05) is 29.4 Å². The third-order valence-electron chi connectivity index (χ3n) is 7.91. The number of nitrogens with one attached hydrogen (secondary N) is 2. The number of thiazole rings is 1. The average molecular weight is 679 g/mol. The van der Waals surface area contributed by atoms with Crippen molar-refractivity contribution in [3.63, 3.8) is 0 Å². The lowest BCUT2D eigenvalue weighted by Crippen LogP contribution is -2.42. The van der Waals surface area contributed by atoms with Gasteiger partial charge in [-0.1, -0.05) is 6.42 Å². The molecule has 1 saturated heterocycles. The van der Waals surface area contributed by atoms with Gasteiger partial charge in [-0.2, -0.15) is 0 Å². The summed E-state index contributed by atoms with van der Waals surface area (Å²) < 4.78 is 96.0. The zero-order chi connectivity index (χ0) is 31.9. The summed E-state index contributed by atoms with van der Waals surface area (Å²) in [5.41, 5.74) is 0.954. The van der Waals surface area contributed by atoms with Gasteiger partial charge in [0, 0.05) is 36.8 Å². The molecule has 0 spiro atoms. The molecule has 2 aromatic carbocycles. The number of anilines is 2. The molecule has 238 valence electrons. The lowest BCUT2D eigenvalue weighted by Gasteiger charge is -2.30. The molecule has 2 N–H and O–H groups in total. The first-order valence-corrected chi connectivity index (χ1v) is 18.4. The number of halogens is 3. The highest BCUT2D eigenvalue weighted by Gasteiger charge is 2.28. The minimum Gasteiger partial charge on any atom is -0.351 e. The van der Waals surface area contributed by atoms with Crippen LogP contribution in [0.2, 0.25) is 0 Å². The first kappa shape index (κ1) is 31.4. The molecule has 6 rings (SSSR count). The van der Waals surface area contributed by atoms with Crippen LogP contribution in [0.15, 0.2) is 53.6 Å². The van der Waals surface area contributed by atoms with E-state index in [0.29, 0.717) is 65.8 Å². The molecular formula is C29H29F3N6O4S3. The van der Waals surface area contributed by atoms with Crippen LogP contribution in [0.3, 0.4) is 0 Å². The number of hydrogen-bond acceptors (Lipinski definition) is 9. The normalized spacial score (nSPS) is 16.8. The van der Waals surface area contributed by atoms with Crippen LogP contribution in [-0.4, -0.2) is 61.5 Å². The second kappa shape index (κ2) is 12.3. The maximum Gasteiger partial charge on any atom is 0.265 e. The van der Waals surface area contributed by atoms with Crippen molar-refractivity contribution >= 4 is 43.0 Å². The minimum absolute atomic E-state index is 0.0275. The minimum atomic E-state index is -4.67. The maximum atomic E-state index is 14.9. The van der Waals surface area contributed by atoms with E-state index in [2.05, 4.69) is 10.3 Å². The fraction of sp³-hybridized carbons (Fsp3) is 0.345. The van der Waals surface area contributed by atoms with Crippen molar-refractivity contribution < 1.29 is 30.0 Å². The SMILES string of the molecule is CS(=O)(=O)N1CCC(Nc2nccc(-c3sc(C4CCC4)nc3-c3ccc(F)c(NS(=O)(=O)c4cc(F)ccc4F)c3)n2)CC1. The molecule has 0 atom stereocenters. The predicted octanol–water partition coefficient (Wildman–Crippen LogP) is 5.59. The summed E-state index contributed by atoms with van der Waals surface area (Å²) in [5.74, 6) is -2.43. The molecule has 3 heterocycles. The van der Waals surface area contributed by atoms with Crippen LogP contribution in [0.1, 0.15) is 43.0 Å². The number of nitrogens with zero attached hydrogens (tertiary/aromatic N) is 4. The summed E-state index contributed by atoms with van der Waals surface area (Å²) in [6.07, 6.45) is 7.00. The van der Waals surface area contributed by atoms with Crippen LogP contribution in [-0.2, 0) is 20.0 Å². The van der Waals surface area contributed by atoms with E-state index < -0.39 is 48.1 Å². The van der Waals surface area contributed by atoms with Crippen LogP contribution in [0, 0.1) is 17.5 Å². The summed E-state index contributed by atoms with van der Waals surface area (Å²) in [5, 5.41) is 4.17. The van der Waals surface area contributed by atoms with Crippen LogP contribution in [0.5, 0.6) is 0 Å². The summed E-state index contributed by atoms with van der Waals surface area (Å²) in [7, 11) is -7.93. The Morgan fingerprint density at radius 1 is 0.911 bits per heavy atom. The third-order valence-corrected chi connectivity index (χ3v) is 11.8. The molecule has 2 aromatic heterocycles. The summed E-state index contributed by atoms with van der Waals surface area (Å²) in [6, 6.07) is 7.51. The predicted molar refractivity (Wildman–Crippen MR) is 165 cm³/mol. The van der Waals surface area contributed by atoms with E-state index >= 15 is 0 Å². The fourth-order valence-electron chi connectivity index (χ4n) is 5.24. The quantitative estimate of drug-likeness (QED) is 0.234. The molecule has 0 unspecified atom stereocenters. The Bertz CT molecular complexity index is 1960. The zero-order valence-corrected chi connectivity index (χ0v) is 26.5. The maximum absolute atomic E-state index is 14.9. The summed E-state index contributed by atoms with van der Waals surface area (Å²) in [6.45, 7) is 0.783. The van der Waals surface area contributed by atoms with Crippen LogP contribution >= 0.6 is 11.3 Å². The molecule has 2 aliphatic rings. The highest BCUT2D eigenvalue weighted by molar-refractivity contribution is 7.92. The Balaban J connectivity index is 1.31. The van der Waals surface area contributed by atoms with E-state index in [-0.39, 0.29) is 12.0 Å². The Hall–Kier alpha value is -3.60.